The predicted molar refractivity (Wildman–Crippen MR) is 80.3 cm³/mol. The molecule has 0 aromatic heterocycles. The Hall–Kier alpha value is -0.120. The maximum Gasteiger partial charge on any atom is 0.0667 e. The lowest BCUT2D eigenvalue weighted by Gasteiger charge is -2.29. The van der Waals surface area contributed by atoms with Crippen LogP contribution in [0.5, 0.6) is 0 Å². The highest BCUT2D eigenvalue weighted by molar-refractivity contribution is 4.74. The van der Waals surface area contributed by atoms with E-state index in [0.717, 1.165) is 31.3 Å². The van der Waals surface area contributed by atoms with Crippen LogP contribution in [0, 0.1) is 11.8 Å². The second kappa shape index (κ2) is 8.23. The van der Waals surface area contributed by atoms with Gasteiger partial charge in [0.2, 0.25) is 0 Å². The van der Waals surface area contributed by atoms with Gasteiger partial charge in [0.05, 0.1) is 6.10 Å². The van der Waals surface area contributed by atoms with Crippen molar-refractivity contribution in [1.82, 2.24) is 10.2 Å². The third-order valence-corrected chi connectivity index (χ3v) is 5.03. The predicted octanol–water partition coefficient (Wildman–Crippen LogP) is 2.25. The first kappa shape index (κ1) is 15.3. The molecule has 1 saturated carbocycles. The second-order valence-electron chi connectivity index (χ2n) is 6.78. The number of nitrogens with one attached hydrogen (secondary N) is 1. The summed E-state index contributed by atoms with van der Waals surface area (Å²) in [5.41, 5.74) is 0. The third kappa shape index (κ3) is 5.80. The van der Waals surface area contributed by atoms with Gasteiger partial charge in [-0.25, -0.2) is 0 Å². The lowest BCUT2D eigenvalue weighted by molar-refractivity contribution is 0.139. The summed E-state index contributed by atoms with van der Waals surface area (Å²) in [5, 5.41) is 13.5. The molecule has 0 radical (unpaired) electrons. The minimum atomic E-state index is -0.124. The number of aliphatic hydroxyl groups excluding tert-OH is 1. The standard InChI is InChI=1S/C16H32N2O/c1-18-10-7-14(8-11-18)6-9-17-13-16(19)12-15-4-2-3-5-15/h14-17,19H,2-13H2,1H3. The van der Waals surface area contributed by atoms with Crippen molar-refractivity contribution in [3.05, 3.63) is 0 Å². The van der Waals surface area contributed by atoms with E-state index in [1.807, 2.05) is 0 Å². The number of hydrogen-bond donors (Lipinski definition) is 2. The summed E-state index contributed by atoms with van der Waals surface area (Å²) in [6.07, 6.45) is 10.3. The lowest BCUT2D eigenvalue weighted by atomic mass is 9.94. The molecule has 0 aromatic carbocycles. The Bertz CT molecular complexity index is 233. The Morgan fingerprint density at radius 1 is 1.11 bits per heavy atom. The highest BCUT2D eigenvalue weighted by Gasteiger charge is 2.19. The molecule has 0 bridgehead atoms. The van der Waals surface area contributed by atoms with Crippen LogP contribution in [0.1, 0.15) is 51.4 Å². The average molecular weight is 268 g/mol. The number of piperidine rings is 1. The summed E-state index contributed by atoms with van der Waals surface area (Å²) in [5.74, 6) is 1.70. The topological polar surface area (TPSA) is 35.5 Å². The summed E-state index contributed by atoms with van der Waals surface area (Å²) in [4.78, 5) is 2.43. The van der Waals surface area contributed by atoms with Gasteiger partial charge < -0.3 is 15.3 Å². The van der Waals surface area contributed by atoms with Crippen LogP contribution in [0.2, 0.25) is 0 Å². The van der Waals surface area contributed by atoms with Gasteiger partial charge in [-0.2, -0.15) is 0 Å². The van der Waals surface area contributed by atoms with E-state index in [4.69, 9.17) is 0 Å². The molecule has 1 aliphatic carbocycles. The molecule has 3 nitrogen and oxygen atoms in total. The maximum atomic E-state index is 10.0. The molecular formula is C16H32N2O. The molecule has 1 atom stereocenters. The van der Waals surface area contributed by atoms with E-state index in [2.05, 4.69) is 17.3 Å². The van der Waals surface area contributed by atoms with Gasteiger partial charge in [-0.3, -0.25) is 0 Å². The van der Waals surface area contributed by atoms with Gasteiger partial charge in [0.1, 0.15) is 0 Å². The number of nitrogens with zero attached hydrogens (tertiary/aromatic N) is 1. The minimum absolute atomic E-state index is 0.124. The van der Waals surface area contributed by atoms with E-state index in [-0.39, 0.29) is 6.10 Å². The normalized spacial score (nSPS) is 24.9. The van der Waals surface area contributed by atoms with E-state index < -0.39 is 0 Å². The zero-order valence-electron chi connectivity index (χ0n) is 12.6. The number of likely N-dealkylation sites (tertiary alicyclic amines) is 1. The van der Waals surface area contributed by atoms with Crippen LogP contribution in [-0.2, 0) is 0 Å². The molecule has 2 aliphatic rings. The quantitative estimate of drug-likeness (QED) is 0.695. The molecule has 112 valence electrons. The van der Waals surface area contributed by atoms with E-state index in [9.17, 15) is 5.11 Å². The van der Waals surface area contributed by atoms with Crippen molar-refractivity contribution in [1.29, 1.82) is 0 Å². The van der Waals surface area contributed by atoms with Crippen molar-refractivity contribution < 1.29 is 5.11 Å². The molecule has 19 heavy (non-hydrogen) atoms. The van der Waals surface area contributed by atoms with E-state index >= 15 is 0 Å². The van der Waals surface area contributed by atoms with Crippen LogP contribution >= 0.6 is 0 Å². The molecule has 2 N–H and O–H groups in total. The van der Waals surface area contributed by atoms with Gasteiger partial charge >= 0.3 is 0 Å². The molecule has 3 heteroatoms. The highest BCUT2D eigenvalue weighted by Crippen LogP contribution is 2.28. The average Bonchev–Trinajstić information content (AvgIpc) is 2.89. The third-order valence-electron chi connectivity index (χ3n) is 5.03. The molecule has 2 fully saturated rings. The van der Waals surface area contributed by atoms with Gasteiger partial charge in [0.25, 0.3) is 0 Å². The van der Waals surface area contributed by atoms with Crippen molar-refractivity contribution >= 4 is 0 Å². The molecule has 0 spiro atoms. The van der Waals surface area contributed by atoms with Gasteiger partial charge in [0, 0.05) is 6.54 Å². The van der Waals surface area contributed by atoms with Crippen molar-refractivity contribution in [2.24, 2.45) is 11.8 Å². The minimum Gasteiger partial charge on any atom is -0.392 e. The van der Waals surface area contributed by atoms with Crippen LogP contribution < -0.4 is 5.32 Å². The second-order valence-corrected chi connectivity index (χ2v) is 6.78. The van der Waals surface area contributed by atoms with Crippen LogP contribution in [0.25, 0.3) is 0 Å². The van der Waals surface area contributed by atoms with Gasteiger partial charge in [0.15, 0.2) is 0 Å². The molecule has 1 aliphatic heterocycles. The Kier molecular flexibility index (Phi) is 6.62. The first-order valence-corrected chi connectivity index (χ1v) is 8.31. The summed E-state index contributed by atoms with van der Waals surface area (Å²) < 4.78 is 0. The Morgan fingerprint density at radius 2 is 1.79 bits per heavy atom. The highest BCUT2D eigenvalue weighted by atomic mass is 16.3. The number of rotatable bonds is 7. The summed E-state index contributed by atoms with van der Waals surface area (Å²) >= 11 is 0. The van der Waals surface area contributed by atoms with E-state index in [0.29, 0.717) is 0 Å². The molecule has 0 amide bonds. The van der Waals surface area contributed by atoms with Gasteiger partial charge in [-0.05, 0) is 64.2 Å². The SMILES string of the molecule is CN1CCC(CCNCC(O)CC2CCCC2)CC1. The first-order chi connectivity index (χ1) is 9.24. The first-order valence-electron chi connectivity index (χ1n) is 8.31. The molecule has 1 heterocycles. The Labute approximate surface area is 118 Å². The smallest absolute Gasteiger partial charge is 0.0667 e. The summed E-state index contributed by atoms with van der Waals surface area (Å²) in [7, 11) is 2.22. The molecular weight excluding hydrogens is 236 g/mol. The summed E-state index contributed by atoms with van der Waals surface area (Å²) in [6.45, 7) is 4.39. The molecule has 2 rings (SSSR count). The zero-order valence-corrected chi connectivity index (χ0v) is 12.6. The fraction of sp³-hybridized carbons (Fsp3) is 1.00. The molecule has 1 saturated heterocycles. The fourth-order valence-corrected chi connectivity index (χ4v) is 3.64. The monoisotopic (exact) mass is 268 g/mol. The van der Waals surface area contributed by atoms with Crippen molar-refractivity contribution in [3.63, 3.8) is 0 Å². The lowest BCUT2D eigenvalue weighted by Crippen LogP contribution is -2.33. The van der Waals surface area contributed by atoms with Crippen LogP contribution in [0.4, 0.5) is 0 Å². The summed E-state index contributed by atoms with van der Waals surface area (Å²) in [6, 6.07) is 0. The van der Waals surface area contributed by atoms with Crippen LogP contribution in [0.15, 0.2) is 0 Å². The van der Waals surface area contributed by atoms with Crippen molar-refractivity contribution in [2.75, 3.05) is 33.2 Å². The van der Waals surface area contributed by atoms with Crippen molar-refractivity contribution in [2.45, 2.75) is 57.5 Å². The van der Waals surface area contributed by atoms with E-state index in [1.165, 1.54) is 58.0 Å². The number of aliphatic hydroxyl groups is 1. The van der Waals surface area contributed by atoms with Crippen LogP contribution in [-0.4, -0.2) is 49.3 Å². The fourth-order valence-electron chi connectivity index (χ4n) is 3.64. The molecule has 0 aromatic rings. The largest absolute Gasteiger partial charge is 0.392 e. The van der Waals surface area contributed by atoms with Gasteiger partial charge in [-0.15, -0.1) is 0 Å². The van der Waals surface area contributed by atoms with E-state index in [1.54, 1.807) is 0 Å². The molecule has 1 unspecified atom stereocenters. The number of hydrogen-bond acceptors (Lipinski definition) is 3. The van der Waals surface area contributed by atoms with Crippen molar-refractivity contribution in [3.8, 4) is 0 Å². The Balaban J connectivity index is 1.47. The van der Waals surface area contributed by atoms with Crippen LogP contribution in [0.3, 0.4) is 0 Å². The zero-order chi connectivity index (χ0) is 13.5. The Morgan fingerprint density at radius 3 is 2.47 bits per heavy atom. The maximum absolute atomic E-state index is 10.0. The van der Waals surface area contributed by atoms with Gasteiger partial charge in [-0.1, -0.05) is 25.7 Å².